The number of likely N-dealkylation sites (N-methyl/N-ethyl adjacent to an activating group) is 1. The minimum Gasteiger partial charge on any atom is -1.00 e. The summed E-state index contributed by atoms with van der Waals surface area (Å²) in [6, 6.07) is 7.76. The van der Waals surface area contributed by atoms with Crippen LogP contribution in [0.3, 0.4) is 0 Å². The molecular weight excluding hydrogens is 537 g/mol. The Hall–Kier alpha value is -2.20. The van der Waals surface area contributed by atoms with E-state index in [0.717, 1.165) is 45.8 Å². The van der Waals surface area contributed by atoms with Crippen molar-refractivity contribution in [2.75, 3.05) is 48.8 Å². The van der Waals surface area contributed by atoms with Gasteiger partial charge in [-0.15, -0.1) is 0 Å². The van der Waals surface area contributed by atoms with Crippen molar-refractivity contribution in [1.29, 1.82) is 0 Å². The number of methoxy groups -OCH3 is 3. The van der Waals surface area contributed by atoms with Crippen LogP contribution in [0.4, 0.5) is 0 Å². The molecule has 2 heterocycles. The van der Waals surface area contributed by atoms with Gasteiger partial charge in [0.15, 0.2) is 11.5 Å². The Bertz CT molecular complexity index is 1020. The maximum atomic E-state index is 13.2. The Balaban J connectivity index is 0.00000306. The number of halogens is 1. The number of quaternary nitrogens is 1. The van der Waals surface area contributed by atoms with Crippen LogP contribution in [0.25, 0.3) is 0 Å². The molecule has 33 heavy (non-hydrogen) atoms. The van der Waals surface area contributed by atoms with Crippen molar-refractivity contribution in [3.05, 3.63) is 41.0 Å². The Kier molecular flexibility index (Phi) is 8.00. The zero-order valence-corrected chi connectivity index (χ0v) is 22.1. The second-order valence-corrected chi connectivity index (χ2v) is 8.91. The van der Waals surface area contributed by atoms with Gasteiger partial charge in [0, 0.05) is 18.9 Å². The Morgan fingerprint density at radius 1 is 1.09 bits per heavy atom. The maximum Gasteiger partial charge on any atom is 0.231 e. The number of fused-ring (bicyclic) bond motifs is 2. The van der Waals surface area contributed by atoms with Gasteiger partial charge in [-0.3, -0.25) is 4.79 Å². The zero-order chi connectivity index (χ0) is 22.9. The molecular formula is C25H32INO6. The van der Waals surface area contributed by atoms with Crippen LogP contribution in [0.2, 0.25) is 0 Å². The number of hydrogen-bond acceptors (Lipinski definition) is 6. The number of ether oxygens (including phenoxy) is 5. The lowest BCUT2D eigenvalue weighted by molar-refractivity contribution is -0.922. The first-order valence-electron chi connectivity index (χ1n) is 10.9. The van der Waals surface area contributed by atoms with Crippen LogP contribution in [0.1, 0.15) is 35.6 Å². The Morgan fingerprint density at radius 2 is 1.88 bits per heavy atom. The summed E-state index contributed by atoms with van der Waals surface area (Å²) in [5.74, 6) is 3.77. The molecule has 0 saturated carbocycles. The van der Waals surface area contributed by atoms with E-state index in [1.54, 1.807) is 21.3 Å². The average Bonchev–Trinajstić information content (AvgIpc) is 3.26. The van der Waals surface area contributed by atoms with E-state index in [4.69, 9.17) is 23.7 Å². The molecule has 0 fully saturated rings. The molecule has 0 bridgehead atoms. The Morgan fingerprint density at radius 3 is 2.58 bits per heavy atom. The van der Waals surface area contributed by atoms with Crippen molar-refractivity contribution in [2.24, 2.45) is 0 Å². The highest BCUT2D eigenvalue weighted by Gasteiger charge is 2.42. The van der Waals surface area contributed by atoms with Crippen molar-refractivity contribution >= 4 is 5.78 Å². The predicted octanol–water partition coefficient (Wildman–Crippen LogP) is 0.711. The highest BCUT2D eigenvalue weighted by Crippen LogP contribution is 2.51. The molecule has 0 radical (unpaired) electrons. The van der Waals surface area contributed by atoms with Gasteiger partial charge in [0.25, 0.3) is 0 Å². The van der Waals surface area contributed by atoms with Gasteiger partial charge in [-0.25, -0.2) is 0 Å². The normalized spacial score (nSPS) is 17.5. The van der Waals surface area contributed by atoms with Gasteiger partial charge in [-0.1, -0.05) is 6.07 Å². The molecule has 2 aromatic rings. The molecule has 7 nitrogen and oxygen atoms in total. The fraction of sp³-hybridized carbons (Fsp3) is 0.480. The third-order valence-electron chi connectivity index (χ3n) is 6.67. The molecule has 180 valence electrons. The summed E-state index contributed by atoms with van der Waals surface area (Å²) < 4.78 is 28.6. The topological polar surface area (TPSA) is 63.2 Å². The van der Waals surface area contributed by atoms with Gasteiger partial charge in [0.1, 0.15) is 23.3 Å². The minimum atomic E-state index is -0.00605. The fourth-order valence-corrected chi connectivity index (χ4v) is 4.77. The number of benzene rings is 2. The molecule has 1 atom stereocenters. The van der Waals surface area contributed by atoms with Crippen molar-refractivity contribution < 1.29 is 56.9 Å². The third kappa shape index (κ3) is 5.01. The van der Waals surface area contributed by atoms with Gasteiger partial charge < -0.3 is 52.1 Å². The molecule has 2 aliphatic heterocycles. The predicted molar refractivity (Wildman–Crippen MR) is 120 cm³/mol. The average molecular weight is 569 g/mol. The van der Waals surface area contributed by atoms with Crippen molar-refractivity contribution in [3.8, 4) is 28.7 Å². The maximum absolute atomic E-state index is 13.2. The molecule has 0 N–H and O–H groups in total. The van der Waals surface area contributed by atoms with Gasteiger partial charge in [-0.2, -0.15) is 0 Å². The number of nitrogens with zero attached hydrogens (tertiary/aromatic N) is 1. The number of Topliss-reactive ketones (excluding diaryl/α,β-unsaturated/α-hetero) is 1. The van der Waals surface area contributed by atoms with Crippen molar-refractivity contribution in [1.82, 2.24) is 0 Å². The quantitative estimate of drug-likeness (QED) is 0.345. The number of hydrogen-bond donors (Lipinski definition) is 0. The van der Waals surface area contributed by atoms with Crippen LogP contribution in [0.5, 0.6) is 28.7 Å². The summed E-state index contributed by atoms with van der Waals surface area (Å²) >= 11 is 0. The molecule has 8 heteroatoms. The van der Waals surface area contributed by atoms with Gasteiger partial charge >= 0.3 is 0 Å². The van der Waals surface area contributed by atoms with E-state index >= 15 is 0 Å². The van der Waals surface area contributed by atoms with E-state index in [1.807, 2.05) is 18.2 Å². The van der Waals surface area contributed by atoms with E-state index in [2.05, 4.69) is 20.2 Å². The lowest BCUT2D eigenvalue weighted by Gasteiger charge is -2.43. The van der Waals surface area contributed by atoms with Crippen LogP contribution in [-0.2, 0) is 17.6 Å². The van der Waals surface area contributed by atoms with E-state index in [-0.39, 0.29) is 42.6 Å². The monoisotopic (exact) mass is 569 g/mol. The SMILES string of the molecule is COc1ccc(CCC(=O)CC2c3c(cc4c(c3OC)OCO4)CC[N+]2(C)C)c(OC)c1.[I-]. The lowest BCUT2D eigenvalue weighted by atomic mass is 9.86. The van der Waals surface area contributed by atoms with E-state index in [0.29, 0.717) is 30.8 Å². The second kappa shape index (κ2) is 10.4. The number of ketones is 1. The molecule has 1 unspecified atom stereocenters. The first-order valence-corrected chi connectivity index (χ1v) is 10.9. The van der Waals surface area contributed by atoms with Gasteiger partial charge in [0.2, 0.25) is 12.5 Å². The van der Waals surface area contributed by atoms with Crippen LogP contribution >= 0.6 is 0 Å². The van der Waals surface area contributed by atoms with Crippen molar-refractivity contribution in [2.45, 2.75) is 31.7 Å². The van der Waals surface area contributed by atoms with Gasteiger partial charge in [0.05, 0.1) is 54.0 Å². The number of rotatable bonds is 8. The first-order chi connectivity index (χ1) is 15.4. The molecule has 0 spiro atoms. The molecule has 2 aliphatic rings. The molecule has 0 aromatic heterocycles. The summed E-state index contributed by atoms with van der Waals surface area (Å²) in [5, 5.41) is 0. The third-order valence-corrected chi connectivity index (χ3v) is 6.67. The molecule has 0 saturated heterocycles. The summed E-state index contributed by atoms with van der Waals surface area (Å²) in [7, 11) is 9.27. The first kappa shape index (κ1) is 25.4. The highest BCUT2D eigenvalue weighted by molar-refractivity contribution is 5.80. The molecule has 0 aliphatic carbocycles. The summed E-state index contributed by atoms with van der Waals surface area (Å²) in [6.45, 7) is 1.14. The number of carbonyl (C=O) groups excluding carboxylic acids is 1. The lowest BCUT2D eigenvalue weighted by Crippen LogP contribution is -3.00. The highest BCUT2D eigenvalue weighted by atomic mass is 127. The zero-order valence-electron chi connectivity index (χ0n) is 19.9. The van der Waals surface area contributed by atoms with Crippen molar-refractivity contribution in [3.63, 3.8) is 0 Å². The fourth-order valence-electron chi connectivity index (χ4n) is 4.77. The Labute approximate surface area is 212 Å². The number of carbonyl (C=O) groups is 1. The number of aryl methyl sites for hydroxylation is 1. The molecule has 4 rings (SSSR count). The summed E-state index contributed by atoms with van der Waals surface area (Å²) in [4.78, 5) is 13.2. The van der Waals surface area contributed by atoms with Crippen LogP contribution in [-0.4, -0.2) is 59.0 Å². The standard InChI is InChI=1S/C25H32NO6.HI/c1-26(2)11-10-17-12-22-24(32-15-31-22)25(30-5)23(17)20(26)13-18(27)8-6-16-7-9-19(28-3)14-21(16)29-4;/h7,9,12,14,20H,6,8,10-11,13,15H2,1-5H3;1H/q+1;/p-1. The van der Waals surface area contributed by atoms with Crippen LogP contribution in [0.15, 0.2) is 24.3 Å². The van der Waals surface area contributed by atoms with E-state index in [1.165, 1.54) is 5.56 Å². The minimum absolute atomic E-state index is 0. The van der Waals surface area contributed by atoms with E-state index < -0.39 is 0 Å². The summed E-state index contributed by atoms with van der Waals surface area (Å²) in [6.07, 6.45) is 2.41. The smallest absolute Gasteiger partial charge is 0.231 e. The molecule has 2 aromatic carbocycles. The van der Waals surface area contributed by atoms with E-state index in [9.17, 15) is 4.79 Å². The van der Waals surface area contributed by atoms with Crippen LogP contribution in [0, 0.1) is 0 Å². The summed E-state index contributed by atoms with van der Waals surface area (Å²) in [5.41, 5.74) is 3.25. The van der Waals surface area contributed by atoms with Crippen LogP contribution < -0.4 is 47.7 Å². The van der Waals surface area contributed by atoms with Gasteiger partial charge in [-0.05, 0) is 29.7 Å². The second-order valence-electron chi connectivity index (χ2n) is 8.91. The largest absolute Gasteiger partial charge is 1.00 e. The molecule has 0 amide bonds.